The minimum Gasteiger partial charge on any atom is -0.369 e. The van der Waals surface area contributed by atoms with Crippen LogP contribution in [-0.4, -0.2) is 44.7 Å². The first-order valence-electron chi connectivity index (χ1n) is 7.39. The minimum atomic E-state index is 0.674. The van der Waals surface area contributed by atoms with E-state index in [0.29, 0.717) is 6.04 Å². The maximum atomic E-state index is 3.51. The molecule has 0 radical (unpaired) electrons. The average Bonchev–Trinajstić information content (AvgIpc) is 2.80. The zero-order chi connectivity index (χ0) is 13.4. The Labute approximate surface area is 116 Å². The molecule has 2 heterocycles. The van der Waals surface area contributed by atoms with Gasteiger partial charge in [0.1, 0.15) is 0 Å². The molecule has 1 aromatic rings. The molecule has 3 heteroatoms. The second-order valence-electron chi connectivity index (χ2n) is 6.25. The van der Waals surface area contributed by atoms with Crippen molar-refractivity contribution in [3.05, 3.63) is 29.3 Å². The summed E-state index contributed by atoms with van der Waals surface area (Å²) in [6.45, 7) is 6.86. The number of nitrogens with one attached hydrogen (secondary N) is 1. The summed E-state index contributed by atoms with van der Waals surface area (Å²) < 4.78 is 0. The van der Waals surface area contributed by atoms with E-state index in [2.05, 4.69) is 54.3 Å². The molecule has 1 N–H and O–H groups in total. The third kappa shape index (κ3) is 2.37. The fourth-order valence-electron chi connectivity index (χ4n) is 3.61. The van der Waals surface area contributed by atoms with E-state index in [9.17, 15) is 0 Å². The Morgan fingerprint density at radius 1 is 1.26 bits per heavy atom. The lowest BCUT2D eigenvalue weighted by Gasteiger charge is -2.27. The lowest BCUT2D eigenvalue weighted by atomic mass is 9.99. The zero-order valence-electron chi connectivity index (χ0n) is 12.3. The van der Waals surface area contributed by atoms with Gasteiger partial charge < -0.3 is 15.1 Å². The Kier molecular flexibility index (Phi) is 3.50. The van der Waals surface area contributed by atoms with Crippen molar-refractivity contribution in [2.24, 2.45) is 5.92 Å². The largest absolute Gasteiger partial charge is 0.369 e. The van der Waals surface area contributed by atoms with Gasteiger partial charge in [-0.1, -0.05) is 19.1 Å². The van der Waals surface area contributed by atoms with Gasteiger partial charge in [0.15, 0.2) is 0 Å². The number of rotatable bonds is 2. The fourth-order valence-corrected chi connectivity index (χ4v) is 3.61. The van der Waals surface area contributed by atoms with E-state index >= 15 is 0 Å². The van der Waals surface area contributed by atoms with Crippen molar-refractivity contribution in [3.8, 4) is 0 Å². The molecule has 2 aliphatic rings. The highest BCUT2D eigenvalue weighted by Crippen LogP contribution is 2.31. The third-order valence-electron chi connectivity index (χ3n) is 4.70. The van der Waals surface area contributed by atoms with E-state index < -0.39 is 0 Å². The van der Waals surface area contributed by atoms with Gasteiger partial charge in [0.25, 0.3) is 0 Å². The van der Waals surface area contributed by atoms with Gasteiger partial charge >= 0.3 is 0 Å². The summed E-state index contributed by atoms with van der Waals surface area (Å²) in [5.41, 5.74) is 4.53. The quantitative estimate of drug-likeness (QED) is 0.872. The number of benzene rings is 1. The Balaban J connectivity index is 1.87. The number of hydrogen-bond acceptors (Lipinski definition) is 3. The molecule has 0 spiro atoms. The number of anilines is 1. The van der Waals surface area contributed by atoms with Gasteiger partial charge in [-0.3, -0.25) is 0 Å². The summed E-state index contributed by atoms with van der Waals surface area (Å²) in [5, 5.41) is 3.51. The smallest absolute Gasteiger partial charge is 0.0415 e. The lowest BCUT2D eigenvalue weighted by molar-refractivity contribution is 0.266. The van der Waals surface area contributed by atoms with E-state index in [1.807, 2.05) is 0 Å². The minimum absolute atomic E-state index is 0.674. The first-order chi connectivity index (χ1) is 9.16. The Morgan fingerprint density at radius 3 is 2.84 bits per heavy atom. The molecule has 104 valence electrons. The van der Waals surface area contributed by atoms with Crippen LogP contribution in [0.4, 0.5) is 5.69 Å². The number of nitrogens with zero attached hydrogens (tertiary/aromatic N) is 2. The van der Waals surface area contributed by atoms with Crippen molar-refractivity contribution >= 4 is 5.69 Å². The van der Waals surface area contributed by atoms with Gasteiger partial charge in [0.2, 0.25) is 0 Å². The number of hydrogen-bond donors (Lipinski definition) is 1. The highest BCUT2D eigenvalue weighted by molar-refractivity contribution is 5.58. The standard InChI is InChI=1S/C16H25N3/c1-12-10-19(11-16(12)18(2)3)15-6-4-5-13-7-8-17-9-14(13)15/h4-6,12,16-17H,7-11H2,1-3H3. The van der Waals surface area contributed by atoms with Gasteiger partial charge in [0.05, 0.1) is 0 Å². The SMILES string of the molecule is CC1CN(c2cccc3c2CNCC3)CC1N(C)C. The first kappa shape index (κ1) is 12.9. The molecule has 0 saturated carbocycles. The monoisotopic (exact) mass is 259 g/mol. The summed E-state index contributed by atoms with van der Waals surface area (Å²) in [7, 11) is 4.40. The van der Waals surface area contributed by atoms with Crippen LogP contribution in [0, 0.1) is 5.92 Å². The van der Waals surface area contributed by atoms with E-state index in [0.717, 1.165) is 25.6 Å². The first-order valence-corrected chi connectivity index (χ1v) is 7.39. The van der Waals surface area contributed by atoms with Crippen LogP contribution >= 0.6 is 0 Å². The molecular formula is C16H25N3. The zero-order valence-corrected chi connectivity index (χ0v) is 12.3. The molecule has 2 aliphatic heterocycles. The van der Waals surface area contributed by atoms with E-state index in [4.69, 9.17) is 0 Å². The van der Waals surface area contributed by atoms with Crippen LogP contribution in [-0.2, 0) is 13.0 Å². The number of likely N-dealkylation sites (N-methyl/N-ethyl adjacent to an activating group) is 1. The molecule has 0 aromatic heterocycles. The molecule has 0 bridgehead atoms. The predicted octanol–water partition coefficient (Wildman–Crippen LogP) is 1.72. The van der Waals surface area contributed by atoms with Gasteiger partial charge in [-0.2, -0.15) is 0 Å². The van der Waals surface area contributed by atoms with Crippen molar-refractivity contribution in [1.82, 2.24) is 10.2 Å². The van der Waals surface area contributed by atoms with Gasteiger partial charge in [0, 0.05) is 31.4 Å². The average molecular weight is 259 g/mol. The normalized spacial score (nSPS) is 26.8. The molecule has 0 amide bonds. The molecule has 1 aromatic carbocycles. The van der Waals surface area contributed by atoms with Crippen LogP contribution in [0.2, 0.25) is 0 Å². The molecule has 1 fully saturated rings. The summed E-state index contributed by atoms with van der Waals surface area (Å²) in [5.74, 6) is 0.738. The molecule has 2 atom stereocenters. The second-order valence-corrected chi connectivity index (χ2v) is 6.25. The molecule has 1 saturated heterocycles. The molecule has 0 aliphatic carbocycles. The van der Waals surface area contributed by atoms with Gasteiger partial charge in [-0.05, 0) is 50.2 Å². The highest BCUT2D eigenvalue weighted by Gasteiger charge is 2.32. The maximum Gasteiger partial charge on any atom is 0.0415 e. The van der Waals surface area contributed by atoms with Crippen LogP contribution in [0.5, 0.6) is 0 Å². The molecule has 2 unspecified atom stereocenters. The fraction of sp³-hybridized carbons (Fsp3) is 0.625. The highest BCUT2D eigenvalue weighted by atomic mass is 15.2. The van der Waals surface area contributed by atoms with Crippen molar-refractivity contribution in [3.63, 3.8) is 0 Å². The summed E-state index contributed by atoms with van der Waals surface area (Å²) in [6.07, 6.45) is 1.17. The van der Waals surface area contributed by atoms with E-state index in [1.165, 1.54) is 29.8 Å². The van der Waals surface area contributed by atoms with Crippen LogP contribution < -0.4 is 10.2 Å². The van der Waals surface area contributed by atoms with E-state index in [1.54, 1.807) is 0 Å². The van der Waals surface area contributed by atoms with Crippen LogP contribution in [0.3, 0.4) is 0 Å². The summed E-state index contributed by atoms with van der Waals surface area (Å²) in [4.78, 5) is 4.96. The molecule has 3 nitrogen and oxygen atoms in total. The Bertz CT molecular complexity index is 455. The lowest BCUT2D eigenvalue weighted by Crippen LogP contribution is -2.34. The van der Waals surface area contributed by atoms with Crippen molar-refractivity contribution < 1.29 is 0 Å². The van der Waals surface area contributed by atoms with Crippen LogP contribution in [0.1, 0.15) is 18.1 Å². The Morgan fingerprint density at radius 2 is 2.11 bits per heavy atom. The summed E-state index contributed by atoms with van der Waals surface area (Å²) >= 11 is 0. The van der Waals surface area contributed by atoms with Crippen molar-refractivity contribution in [1.29, 1.82) is 0 Å². The van der Waals surface area contributed by atoms with Crippen molar-refractivity contribution in [2.75, 3.05) is 38.6 Å². The Hall–Kier alpha value is -1.06. The molecular weight excluding hydrogens is 234 g/mol. The second kappa shape index (κ2) is 5.14. The summed E-state index contributed by atoms with van der Waals surface area (Å²) in [6, 6.07) is 7.50. The predicted molar refractivity (Wildman–Crippen MR) is 80.7 cm³/mol. The molecule has 19 heavy (non-hydrogen) atoms. The topological polar surface area (TPSA) is 18.5 Å². The van der Waals surface area contributed by atoms with Gasteiger partial charge in [-0.15, -0.1) is 0 Å². The maximum absolute atomic E-state index is 3.51. The number of fused-ring (bicyclic) bond motifs is 1. The molecule has 3 rings (SSSR count). The van der Waals surface area contributed by atoms with Crippen LogP contribution in [0.25, 0.3) is 0 Å². The third-order valence-corrected chi connectivity index (χ3v) is 4.70. The van der Waals surface area contributed by atoms with Crippen molar-refractivity contribution in [2.45, 2.75) is 25.9 Å². The van der Waals surface area contributed by atoms with Gasteiger partial charge in [-0.25, -0.2) is 0 Å². The van der Waals surface area contributed by atoms with Crippen LogP contribution in [0.15, 0.2) is 18.2 Å². The van der Waals surface area contributed by atoms with E-state index in [-0.39, 0.29) is 0 Å².